The van der Waals surface area contributed by atoms with Crippen molar-refractivity contribution < 1.29 is 0 Å². The molecule has 1 heterocycles. The molecular formula is C7H10N2. The van der Waals surface area contributed by atoms with Crippen LogP contribution in [0.2, 0.25) is 0 Å². The molecule has 2 heteroatoms. The van der Waals surface area contributed by atoms with Crippen LogP contribution >= 0.6 is 0 Å². The van der Waals surface area contributed by atoms with E-state index in [-0.39, 0.29) is 0 Å². The average molecular weight is 122 g/mol. The van der Waals surface area contributed by atoms with Gasteiger partial charge in [0.05, 0.1) is 12.1 Å². The molecular weight excluding hydrogens is 112 g/mol. The van der Waals surface area contributed by atoms with Crippen molar-refractivity contribution in [1.29, 1.82) is 5.26 Å². The summed E-state index contributed by atoms with van der Waals surface area (Å²) in [6, 6.07) is 2.67. The molecule has 1 unspecified atom stereocenters. The Labute approximate surface area is 55.2 Å². The lowest BCUT2D eigenvalue weighted by molar-refractivity contribution is 0.693. The van der Waals surface area contributed by atoms with Crippen LogP contribution in [0.4, 0.5) is 0 Å². The van der Waals surface area contributed by atoms with Crippen LogP contribution < -0.4 is 0 Å². The van der Waals surface area contributed by atoms with Crippen molar-refractivity contribution in [3.63, 3.8) is 0 Å². The molecule has 0 saturated heterocycles. The fraction of sp³-hybridized carbons (Fsp3) is 0.714. The summed E-state index contributed by atoms with van der Waals surface area (Å²) < 4.78 is 0. The van der Waals surface area contributed by atoms with Crippen LogP contribution in [0, 0.1) is 11.3 Å². The molecule has 1 aliphatic heterocycles. The first-order valence-corrected chi connectivity index (χ1v) is 3.34. The number of hydrogen-bond donors (Lipinski definition) is 0. The van der Waals surface area contributed by atoms with Gasteiger partial charge < -0.3 is 0 Å². The van der Waals surface area contributed by atoms with Crippen molar-refractivity contribution in [2.75, 3.05) is 0 Å². The summed E-state index contributed by atoms with van der Waals surface area (Å²) in [5.74, 6) is 0. The summed E-state index contributed by atoms with van der Waals surface area (Å²) in [6.45, 7) is 0. The molecule has 0 spiro atoms. The van der Waals surface area contributed by atoms with Gasteiger partial charge in [-0.05, 0) is 19.3 Å². The topological polar surface area (TPSA) is 36.1 Å². The van der Waals surface area contributed by atoms with E-state index in [0.717, 1.165) is 19.3 Å². The zero-order valence-corrected chi connectivity index (χ0v) is 5.38. The van der Waals surface area contributed by atoms with E-state index in [4.69, 9.17) is 5.26 Å². The van der Waals surface area contributed by atoms with E-state index in [0.29, 0.717) is 12.5 Å². The summed E-state index contributed by atoms with van der Waals surface area (Å²) in [5, 5.41) is 8.17. The van der Waals surface area contributed by atoms with Gasteiger partial charge in [-0.15, -0.1) is 0 Å². The van der Waals surface area contributed by atoms with Crippen LogP contribution in [0.1, 0.15) is 25.7 Å². The first-order chi connectivity index (χ1) is 4.43. The number of unbranched alkanes of at least 4 members (excludes halogenated alkanes) is 2. The Bertz CT molecular complexity index is 137. The molecule has 0 radical (unpaired) electrons. The molecule has 0 aromatic carbocycles. The van der Waals surface area contributed by atoms with Gasteiger partial charge in [-0.1, -0.05) is 0 Å². The first-order valence-electron chi connectivity index (χ1n) is 3.34. The second-order valence-corrected chi connectivity index (χ2v) is 2.27. The third kappa shape index (κ3) is 2.86. The average Bonchev–Trinajstić information content (AvgIpc) is 2.63. The van der Waals surface area contributed by atoms with Crippen molar-refractivity contribution in [1.82, 2.24) is 0 Å². The molecule has 0 fully saturated rings. The van der Waals surface area contributed by atoms with E-state index in [1.807, 2.05) is 6.21 Å². The maximum absolute atomic E-state index is 8.17. The molecule has 0 aromatic heterocycles. The number of nitriles is 1. The Balaban J connectivity index is 1.77. The highest BCUT2D eigenvalue weighted by atomic mass is 14.9. The van der Waals surface area contributed by atoms with Crippen LogP contribution in [0.25, 0.3) is 0 Å². The van der Waals surface area contributed by atoms with Gasteiger partial charge in [-0.2, -0.15) is 5.26 Å². The van der Waals surface area contributed by atoms with Gasteiger partial charge in [-0.25, -0.2) is 0 Å². The highest BCUT2D eigenvalue weighted by molar-refractivity contribution is 5.77. The molecule has 1 aliphatic rings. The number of hydrogen-bond acceptors (Lipinski definition) is 2. The molecule has 9 heavy (non-hydrogen) atoms. The quantitative estimate of drug-likeness (QED) is 0.521. The highest BCUT2D eigenvalue weighted by Gasteiger charge is 2.10. The number of nitrogens with zero attached hydrogens (tertiary/aromatic N) is 2. The molecule has 1 atom stereocenters. The SMILES string of the molecule is N#CCCCCC1C=N1. The third-order valence-electron chi connectivity index (χ3n) is 1.40. The zero-order valence-electron chi connectivity index (χ0n) is 5.38. The van der Waals surface area contributed by atoms with E-state index < -0.39 is 0 Å². The van der Waals surface area contributed by atoms with Crippen LogP contribution in [0.15, 0.2) is 4.99 Å². The second-order valence-electron chi connectivity index (χ2n) is 2.27. The fourth-order valence-electron chi connectivity index (χ4n) is 0.767. The van der Waals surface area contributed by atoms with Crippen molar-refractivity contribution in [3.8, 4) is 6.07 Å². The lowest BCUT2D eigenvalue weighted by atomic mass is 10.1. The molecule has 0 bridgehead atoms. The Morgan fingerprint density at radius 2 is 2.33 bits per heavy atom. The minimum Gasteiger partial charge on any atom is -0.286 e. The van der Waals surface area contributed by atoms with E-state index in [2.05, 4.69) is 11.1 Å². The van der Waals surface area contributed by atoms with Crippen LogP contribution in [-0.4, -0.2) is 12.3 Å². The summed E-state index contributed by atoms with van der Waals surface area (Å²) in [7, 11) is 0. The molecule has 48 valence electrons. The van der Waals surface area contributed by atoms with Gasteiger partial charge in [0.1, 0.15) is 0 Å². The molecule has 0 saturated carbocycles. The molecule has 0 N–H and O–H groups in total. The Morgan fingerprint density at radius 3 is 2.89 bits per heavy atom. The number of rotatable bonds is 4. The van der Waals surface area contributed by atoms with Crippen molar-refractivity contribution >= 4 is 6.21 Å². The summed E-state index contributed by atoms with van der Waals surface area (Å²) >= 11 is 0. The smallest absolute Gasteiger partial charge is 0.0843 e. The van der Waals surface area contributed by atoms with Crippen molar-refractivity contribution in [2.24, 2.45) is 4.99 Å². The van der Waals surface area contributed by atoms with Gasteiger partial charge in [0.2, 0.25) is 0 Å². The molecule has 1 rings (SSSR count). The van der Waals surface area contributed by atoms with Crippen molar-refractivity contribution in [2.45, 2.75) is 31.7 Å². The van der Waals surface area contributed by atoms with Gasteiger partial charge in [-0.3, -0.25) is 4.99 Å². The Kier molecular flexibility index (Phi) is 2.26. The first kappa shape index (κ1) is 6.28. The van der Waals surface area contributed by atoms with Gasteiger partial charge in [0, 0.05) is 12.6 Å². The van der Waals surface area contributed by atoms with E-state index in [9.17, 15) is 0 Å². The highest BCUT2D eigenvalue weighted by Crippen LogP contribution is 2.11. The minimum atomic E-state index is 0.545. The predicted octanol–water partition coefficient (Wildman–Crippen LogP) is 1.52. The summed E-state index contributed by atoms with van der Waals surface area (Å²) in [4.78, 5) is 3.99. The van der Waals surface area contributed by atoms with Gasteiger partial charge in [0.15, 0.2) is 0 Å². The van der Waals surface area contributed by atoms with Crippen molar-refractivity contribution in [3.05, 3.63) is 0 Å². The largest absolute Gasteiger partial charge is 0.286 e. The Hall–Kier alpha value is -0.840. The van der Waals surface area contributed by atoms with Gasteiger partial charge >= 0.3 is 0 Å². The standard InChI is InChI=1S/C7H10N2/c8-5-3-1-2-4-7-6-9-7/h6-7H,1-4H2. The third-order valence-corrected chi connectivity index (χ3v) is 1.40. The summed E-state index contributed by atoms with van der Waals surface area (Å²) in [6.07, 6.45) is 6.01. The van der Waals surface area contributed by atoms with Crippen LogP contribution in [0.3, 0.4) is 0 Å². The second kappa shape index (κ2) is 3.24. The van der Waals surface area contributed by atoms with Crippen LogP contribution in [0.5, 0.6) is 0 Å². The lowest BCUT2D eigenvalue weighted by Crippen LogP contribution is -1.86. The Morgan fingerprint density at radius 1 is 1.56 bits per heavy atom. The zero-order chi connectivity index (χ0) is 6.53. The van der Waals surface area contributed by atoms with E-state index in [1.54, 1.807) is 0 Å². The maximum Gasteiger partial charge on any atom is 0.0843 e. The number of aliphatic imine (C=N–C) groups is 1. The van der Waals surface area contributed by atoms with E-state index in [1.165, 1.54) is 0 Å². The molecule has 0 aromatic rings. The predicted molar refractivity (Wildman–Crippen MR) is 36.4 cm³/mol. The van der Waals surface area contributed by atoms with Crippen LogP contribution in [-0.2, 0) is 0 Å². The fourth-order valence-corrected chi connectivity index (χ4v) is 0.767. The summed E-state index contributed by atoms with van der Waals surface area (Å²) in [5.41, 5.74) is 0. The molecule has 0 amide bonds. The minimum absolute atomic E-state index is 0.545. The molecule has 2 nitrogen and oxygen atoms in total. The normalized spacial score (nSPS) is 21.4. The monoisotopic (exact) mass is 122 g/mol. The van der Waals surface area contributed by atoms with Gasteiger partial charge in [0.25, 0.3) is 0 Å². The lowest BCUT2D eigenvalue weighted by Gasteiger charge is -1.90. The van der Waals surface area contributed by atoms with E-state index >= 15 is 0 Å². The molecule has 0 aliphatic carbocycles. The maximum atomic E-state index is 8.17.